The average Bonchev–Trinajstić information content (AvgIpc) is 3.36. The zero-order valence-electron chi connectivity index (χ0n) is 17.5. The maximum Gasteiger partial charge on any atom is 0.259 e. The molecule has 10 heteroatoms. The van der Waals surface area contributed by atoms with E-state index in [0.717, 1.165) is 5.56 Å². The molecule has 34 heavy (non-hydrogen) atoms. The number of anilines is 2. The molecular formula is C24H16BrCl4FN2O2. The van der Waals surface area contributed by atoms with E-state index >= 15 is 0 Å². The van der Waals surface area contributed by atoms with Crippen LogP contribution in [0, 0.1) is 11.7 Å². The Labute approximate surface area is 224 Å². The summed E-state index contributed by atoms with van der Waals surface area (Å²) in [7, 11) is 1.55. The van der Waals surface area contributed by atoms with E-state index in [0.29, 0.717) is 21.4 Å². The van der Waals surface area contributed by atoms with Gasteiger partial charge in [-0.1, -0.05) is 50.7 Å². The minimum Gasteiger partial charge on any atom is -0.326 e. The molecule has 1 saturated carbocycles. The van der Waals surface area contributed by atoms with E-state index in [1.807, 2.05) is 0 Å². The largest absolute Gasteiger partial charge is 0.326 e. The number of halogens is 6. The second kappa shape index (κ2) is 9.67. The Morgan fingerprint density at radius 2 is 1.62 bits per heavy atom. The van der Waals surface area contributed by atoms with Gasteiger partial charge in [0.2, 0.25) is 5.91 Å². The molecule has 0 aliphatic heterocycles. The van der Waals surface area contributed by atoms with Gasteiger partial charge >= 0.3 is 0 Å². The zero-order valence-corrected chi connectivity index (χ0v) is 22.1. The Hall–Kier alpha value is -1.83. The molecule has 1 N–H and O–H groups in total. The van der Waals surface area contributed by atoms with E-state index in [2.05, 4.69) is 21.2 Å². The number of nitrogens with one attached hydrogen (secondary N) is 1. The molecule has 3 atom stereocenters. The van der Waals surface area contributed by atoms with Gasteiger partial charge in [-0.15, -0.1) is 11.6 Å². The highest BCUT2D eigenvalue weighted by Gasteiger charge is 2.67. The van der Waals surface area contributed by atoms with E-state index in [1.165, 1.54) is 41.3 Å². The summed E-state index contributed by atoms with van der Waals surface area (Å²) < 4.78 is 12.2. The van der Waals surface area contributed by atoms with Crippen LogP contribution in [0.15, 0.2) is 60.7 Å². The van der Waals surface area contributed by atoms with Gasteiger partial charge in [-0.25, -0.2) is 4.39 Å². The van der Waals surface area contributed by atoms with Crippen molar-refractivity contribution in [2.45, 2.75) is 9.70 Å². The van der Waals surface area contributed by atoms with Crippen molar-refractivity contribution in [2.75, 3.05) is 17.3 Å². The Kier molecular flexibility index (Phi) is 7.19. The maximum atomic E-state index is 13.2. The molecule has 1 unspecified atom stereocenters. The second-order valence-electron chi connectivity index (χ2n) is 7.86. The average molecular weight is 605 g/mol. The third-order valence-electron chi connectivity index (χ3n) is 5.56. The van der Waals surface area contributed by atoms with Gasteiger partial charge in [-0.05, 0) is 66.2 Å². The van der Waals surface area contributed by atoms with Gasteiger partial charge in [-0.2, -0.15) is 0 Å². The van der Waals surface area contributed by atoms with Gasteiger partial charge in [0.1, 0.15) is 9.60 Å². The number of hydrogen-bond acceptors (Lipinski definition) is 2. The number of rotatable bonds is 5. The molecule has 3 aromatic carbocycles. The molecule has 176 valence electrons. The standard InChI is InChI=1S/C24H16BrCl4FN2O2/c1-32(17-5-2-15(30)3-6-17)23(34)18-11-16(4-7-19(18)28)31-22(33)21-20(24(21,25)29)12-8-13(26)10-14(27)9-12/h2-11,20-21H,1H3,(H,31,33)/t20?,21-,24+/m0/s1. The first kappa shape index (κ1) is 25.3. The van der Waals surface area contributed by atoms with Crippen LogP contribution in [0.5, 0.6) is 0 Å². The highest BCUT2D eigenvalue weighted by molar-refractivity contribution is 9.10. The molecule has 1 fully saturated rings. The molecule has 0 radical (unpaired) electrons. The van der Waals surface area contributed by atoms with Crippen molar-refractivity contribution in [1.82, 2.24) is 0 Å². The van der Waals surface area contributed by atoms with Crippen LogP contribution in [0.3, 0.4) is 0 Å². The zero-order chi connectivity index (χ0) is 24.8. The molecule has 0 aromatic heterocycles. The Morgan fingerprint density at radius 1 is 1.00 bits per heavy atom. The van der Waals surface area contributed by atoms with Crippen LogP contribution in [0.2, 0.25) is 15.1 Å². The Bertz CT molecular complexity index is 1270. The third kappa shape index (κ3) is 5.07. The summed E-state index contributed by atoms with van der Waals surface area (Å²) in [6.45, 7) is 0. The van der Waals surface area contributed by atoms with Gasteiger partial charge in [0, 0.05) is 34.4 Å². The summed E-state index contributed by atoms with van der Waals surface area (Å²) in [4.78, 5) is 27.4. The number of amides is 2. The SMILES string of the molecule is CN(C(=O)c1cc(NC(=O)[C@@H]2C(c3cc(Cl)cc(Cl)c3)[C@]2(Cl)Br)ccc1Cl)c1ccc(F)cc1. The molecule has 1 aliphatic carbocycles. The van der Waals surface area contributed by atoms with Gasteiger partial charge in [0.25, 0.3) is 5.91 Å². The lowest BCUT2D eigenvalue weighted by Gasteiger charge is -2.18. The predicted octanol–water partition coefficient (Wildman–Crippen LogP) is 7.74. The first-order valence-corrected chi connectivity index (χ1v) is 12.3. The van der Waals surface area contributed by atoms with E-state index in [1.54, 1.807) is 31.3 Å². The normalized spacial score (nSPS) is 21.1. The molecule has 0 spiro atoms. The first-order valence-electron chi connectivity index (χ1n) is 9.97. The Balaban J connectivity index is 1.53. The summed E-state index contributed by atoms with van der Waals surface area (Å²) in [6, 6.07) is 15.1. The minimum absolute atomic E-state index is 0.177. The number of nitrogens with zero attached hydrogens (tertiary/aromatic N) is 1. The van der Waals surface area contributed by atoms with Crippen molar-refractivity contribution in [1.29, 1.82) is 0 Å². The van der Waals surface area contributed by atoms with Crippen LogP contribution in [0.1, 0.15) is 21.8 Å². The molecule has 3 aromatic rings. The summed E-state index contributed by atoms with van der Waals surface area (Å²) >= 11 is 28.5. The fraction of sp³-hybridized carbons (Fsp3) is 0.167. The fourth-order valence-electron chi connectivity index (χ4n) is 3.77. The van der Waals surface area contributed by atoms with Crippen molar-refractivity contribution in [3.05, 3.63) is 92.7 Å². The third-order valence-corrected chi connectivity index (χ3v) is 7.79. The van der Waals surface area contributed by atoms with Crippen LogP contribution >= 0.6 is 62.3 Å². The lowest BCUT2D eigenvalue weighted by Crippen LogP contribution is -2.26. The van der Waals surface area contributed by atoms with Gasteiger partial charge in [0.15, 0.2) is 0 Å². The molecule has 2 amide bonds. The smallest absolute Gasteiger partial charge is 0.259 e. The second-order valence-corrected chi connectivity index (χ2v) is 11.5. The van der Waals surface area contributed by atoms with Gasteiger partial charge in [-0.3, -0.25) is 9.59 Å². The fourth-order valence-corrected chi connectivity index (χ4v) is 5.80. The first-order chi connectivity index (χ1) is 16.0. The summed E-state index contributed by atoms with van der Waals surface area (Å²) in [5.41, 5.74) is 1.78. The minimum atomic E-state index is -1.00. The van der Waals surface area contributed by atoms with E-state index in [9.17, 15) is 14.0 Å². The van der Waals surface area contributed by atoms with Crippen molar-refractivity contribution in [2.24, 2.45) is 5.92 Å². The molecule has 1 aliphatic rings. The van der Waals surface area contributed by atoms with E-state index in [-0.39, 0.29) is 22.4 Å². The molecule has 0 saturated heterocycles. The summed E-state index contributed by atoms with van der Waals surface area (Å²) in [6.07, 6.45) is 0. The van der Waals surface area contributed by atoms with Crippen molar-refractivity contribution in [3.8, 4) is 0 Å². The summed E-state index contributed by atoms with van der Waals surface area (Å²) in [5.74, 6) is -2.14. The Morgan fingerprint density at radius 3 is 2.24 bits per heavy atom. The van der Waals surface area contributed by atoms with Crippen molar-refractivity contribution < 1.29 is 14.0 Å². The van der Waals surface area contributed by atoms with Crippen molar-refractivity contribution >= 4 is 85.5 Å². The monoisotopic (exact) mass is 602 g/mol. The lowest BCUT2D eigenvalue weighted by atomic mass is 10.1. The molecule has 4 nitrogen and oxygen atoms in total. The van der Waals surface area contributed by atoms with Crippen LogP contribution in [-0.4, -0.2) is 22.6 Å². The van der Waals surface area contributed by atoms with Crippen LogP contribution in [0.4, 0.5) is 15.8 Å². The lowest BCUT2D eigenvalue weighted by molar-refractivity contribution is -0.117. The molecule has 0 heterocycles. The van der Waals surface area contributed by atoms with E-state index < -0.39 is 21.4 Å². The van der Waals surface area contributed by atoms with Crippen LogP contribution in [0.25, 0.3) is 0 Å². The topological polar surface area (TPSA) is 49.4 Å². The maximum absolute atomic E-state index is 13.2. The van der Waals surface area contributed by atoms with Crippen molar-refractivity contribution in [3.63, 3.8) is 0 Å². The van der Waals surface area contributed by atoms with Crippen LogP contribution in [-0.2, 0) is 4.79 Å². The van der Waals surface area contributed by atoms with E-state index in [4.69, 9.17) is 46.4 Å². The highest BCUT2D eigenvalue weighted by Crippen LogP contribution is 2.66. The van der Waals surface area contributed by atoms with Gasteiger partial charge in [0.05, 0.1) is 16.5 Å². The quantitative estimate of drug-likeness (QED) is 0.303. The number of benzene rings is 3. The summed E-state index contributed by atoms with van der Waals surface area (Å²) in [5, 5.41) is 3.90. The molecular weight excluding hydrogens is 589 g/mol. The number of carbonyl (C=O) groups is 2. The number of hydrogen-bond donors (Lipinski definition) is 1. The number of carbonyl (C=O) groups excluding carboxylic acids is 2. The molecule has 0 bridgehead atoms. The molecule has 4 rings (SSSR count). The van der Waals surface area contributed by atoms with Gasteiger partial charge < -0.3 is 10.2 Å². The predicted molar refractivity (Wildman–Crippen MR) is 139 cm³/mol. The van der Waals surface area contributed by atoms with Crippen LogP contribution < -0.4 is 10.2 Å². The highest BCUT2D eigenvalue weighted by atomic mass is 79.9. The number of alkyl halides is 2.